The Kier molecular flexibility index (Phi) is 5.47. The Morgan fingerprint density at radius 3 is 1.39 bits per heavy atom. The van der Waals surface area contributed by atoms with Crippen molar-refractivity contribution in [3.8, 4) is 0 Å². The van der Waals surface area contributed by atoms with E-state index in [9.17, 15) is 9.59 Å². The molecule has 2 aromatic carbocycles. The highest BCUT2D eigenvalue weighted by Gasteiger charge is 2.01. The van der Waals surface area contributed by atoms with Gasteiger partial charge in [0.25, 0.3) is 0 Å². The lowest BCUT2D eigenvalue weighted by Crippen LogP contribution is -2.07. The minimum Gasteiger partial charge on any atom is -0.323 e. The zero-order chi connectivity index (χ0) is 16.7. The molecular weight excluding hydrogens is 288 g/mol. The third kappa shape index (κ3) is 4.97. The first kappa shape index (κ1) is 16.2. The van der Waals surface area contributed by atoms with Gasteiger partial charge in [-0.15, -0.1) is 0 Å². The average molecular weight is 306 g/mol. The molecule has 2 rings (SSSR count). The van der Waals surface area contributed by atoms with Crippen LogP contribution in [0.4, 0.5) is 11.4 Å². The molecular formula is C19H18N2O2. The van der Waals surface area contributed by atoms with Crippen molar-refractivity contribution in [2.45, 2.75) is 6.42 Å². The number of nitrogens with one attached hydrogen (secondary N) is 2. The van der Waals surface area contributed by atoms with Crippen molar-refractivity contribution in [3.63, 3.8) is 0 Å². The van der Waals surface area contributed by atoms with Gasteiger partial charge >= 0.3 is 0 Å². The molecule has 2 amide bonds. The smallest absolute Gasteiger partial charge is 0.247 e. The lowest BCUT2D eigenvalue weighted by molar-refractivity contribution is -0.112. The van der Waals surface area contributed by atoms with E-state index in [2.05, 4.69) is 23.8 Å². The summed E-state index contributed by atoms with van der Waals surface area (Å²) in [6.45, 7) is 6.83. The van der Waals surface area contributed by atoms with E-state index in [0.717, 1.165) is 28.9 Å². The minimum absolute atomic E-state index is 0.227. The van der Waals surface area contributed by atoms with Crippen LogP contribution in [-0.2, 0) is 16.0 Å². The van der Waals surface area contributed by atoms with Crippen molar-refractivity contribution in [1.29, 1.82) is 0 Å². The van der Waals surface area contributed by atoms with E-state index >= 15 is 0 Å². The number of hydrogen-bond acceptors (Lipinski definition) is 2. The Morgan fingerprint density at radius 2 is 1.09 bits per heavy atom. The van der Waals surface area contributed by atoms with Gasteiger partial charge in [-0.25, -0.2) is 0 Å². The van der Waals surface area contributed by atoms with Gasteiger partial charge in [-0.3, -0.25) is 9.59 Å². The number of amides is 2. The van der Waals surface area contributed by atoms with Crippen molar-refractivity contribution < 1.29 is 9.59 Å². The van der Waals surface area contributed by atoms with Crippen molar-refractivity contribution >= 4 is 23.2 Å². The zero-order valence-corrected chi connectivity index (χ0v) is 12.7. The van der Waals surface area contributed by atoms with Crippen LogP contribution < -0.4 is 10.6 Å². The Hall–Kier alpha value is -3.14. The first-order valence-electron chi connectivity index (χ1n) is 7.15. The average Bonchev–Trinajstić information content (AvgIpc) is 2.58. The van der Waals surface area contributed by atoms with E-state index in [-0.39, 0.29) is 11.8 Å². The zero-order valence-electron chi connectivity index (χ0n) is 12.7. The lowest BCUT2D eigenvalue weighted by Gasteiger charge is -2.07. The highest BCUT2D eigenvalue weighted by atomic mass is 16.2. The summed E-state index contributed by atoms with van der Waals surface area (Å²) in [5, 5.41) is 5.42. The third-order valence-corrected chi connectivity index (χ3v) is 3.22. The Balaban J connectivity index is 1.99. The second-order valence-electron chi connectivity index (χ2n) is 4.96. The first-order chi connectivity index (χ1) is 11.1. The molecule has 116 valence electrons. The minimum atomic E-state index is -0.227. The molecule has 23 heavy (non-hydrogen) atoms. The van der Waals surface area contributed by atoms with Gasteiger partial charge in [-0.1, -0.05) is 37.4 Å². The Morgan fingerprint density at radius 1 is 0.739 bits per heavy atom. The van der Waals surface area contributed by atoms with E-state index in [1.54, 1.807) is 0 Å². The van der Waals surface area contributed by atoms with E-state index < -0.39 is 0 Å². The fourth-order valence-corrected chi connectivity index (χ4v) is 2.03. The Bertz CT molecular complexity index is 653. The molecule has 0 unspecified atom stereocenters. The van der Waals surface area contributed by atoms with Crippen LogP contribution >= 0.6 is 0 Å². The molecule has 0 saturated heterocycles. The molecule has 0 aliphatic rings. The summed E-state index contributed by atoms with van der Waals surface area (Å²) >= 11 is 0. The molecule has 0 aliphatic carbocycles. The first-order valence-corrected chi connectivity index (χ1v) is 7.15. The molecule has 4 nitrogen and oxygen atoms in total. The number of hydrogen-bond donors (Lipinski definition) is 2. The SMILES string of the molecule is C=CC(=O)Nc1ccc(Cc2ccc(NC(=O)C=C)cc2)cc1. The summed E-state index contributed by atoms with van der Waals surface area (Å²) in [5.74, 6) is -0.454. The van der Waals surface area contributed by atoms with Crippen molar-refractivity contribution in [1.82, 2.24) is 0 Å². The maximum atomic E-state index is 11.2. The standard InChI is InChI=1S/C19H18N2O2/c1-3-18(22)20-16-9-5-14(6-10-16)13-15-7-11-17(12-8-15)21-19(23)4-2/h3-12H,1-2,13H2,(H,20,22)(H,21,23). The van der Waals surface area contributed by atoms with Crippen molar-refractivity contribution in [2.75, 3.05) is 10.6 Å². The van der Waals surface area contributed by atoms with E-state index in [1.807, 2.05) is 48.5 Å². The highest BCUT2D eigenvalue weighted by Crippen LogP contribution is 2.16. The molecule has 0 heterocycles. The maximum absolute atomic E-state index is 11.2. The van der Waals surface area contributed by atoms with Crippen LogP contribution in [-0.4, -0.2) is 11.8 Å². The molecule has 0 fully saturated rings. The van der Waals surface area contributed by atoms with Gasteiger partial charge in [-0.2, -0.15) is 0 Å². The summed E-state index contributed by atoms with van der Waals surface area (Å²) in [4.78, 5) is 22.4. The molecule has 0 aromatic heterocycles. The number of anilines is 2. The summed E-state index contributed by atoms with van der Waals surface area (Å²) < 4.78 is 0. The van der Waals surface area contributed by atoms with Crippen LogP contribution in [0.1, 0.15) is 11.1 Å². The Labute approximate surface area is 135 Å². The van der Waals surface area contributed by atoms with E-state index in [0.29, 0.717) is 0 Å². The van der Waals surface area contributed by atoms with E-state index in [1.165, 1.54) is 12.2 Å². The summed E-state index contributed by atoms with van der Waals surface area (Å²) in [7, 11) is 0. The molecule has 2 N–H and O–H groups in total. The third-order valence-electron chi connectivity index (χ3n) is 3.22. The maximum Gasteiger partial charge on any atom is 0.247 e. The van der Waals surface area contributed by atoms with Gasteiger partial charge in [0.05, 0.1) is 0 Å². The van der Waals surface area contributed by atoms with Crippen LogP contribution in [0.25, 0.3) is 0 Å². The molecule has 0 radical (unpaired) electrons. The summed E-state index contributed by atoms with van der Waals surface area (Å²) in [5.41, 5.74) is 3.73. The molecule has 4 heteroatoms. The fourth-order valence-electron chi connectivity index (χ4n) is 2.03. The second-order valence-corrected chi connectivity index (χ2v) is 4.96. The van der Waals surface area contributed by atoms with Gasteiger partial charge in [0, 0.05) is 11.4 Å². The fraction of sp³-hybridized carbons (Fsp3) is 0.0526. The number of carbonyl (C=O) groups excluding carboxylic acids is 2. The van der Waals surface area contributed by atoms with Gasteiger partial charge in [0.1, 0.15) is 0 Å². The molecule has 0 spiro atoms. The quantitative estimate of drug-likeness (QED) is 0.802. The largest absolute Gasteiger partial charge is 0.323 e. The summed E-state index contributed by atoms with van der Waals surface area (Å²) in [6.07, 6.45) is 3.24. The molecule has 0 aliphatic heterocycles. The van der Waals surface area contributed by atoms with Crippen LogP contribution in [0.3, 0.4) is 0 Å². The van der Waals surface area contributed by atoms with Crippen molar-refractivity contribution in [3.05, 3.63) is 85.0 Å². The van der Waals surface area contributed by atoms with Gasteiger partial charge in [0.15, 0.2) is 0 Å². The molecule has 0 bridgehead atoms. The topological polar surface area (TPSA) is 58.2 Å². The predicted octanol–water partition coefficient (Wildman–Crippen LogP) is 3.53. The van der Waals surface area contributed by atoms with Gasteiger partial charge < -0.3 is 10.6 Å². The van der Waals surface area contributed by atoms with Crippen molar-refractivity contribution in [2.24, 2.45) is 0 Å². The normalized spacial score (nSPS) is 9.74. The lowest BCUT2D eigenvalue weighted by atomic mass is 10.0. The van der Waals surface area contributed by atoms with E-state index in [4.69, 9.17) is 0 Å². The molecule has 2 aromatic rings. The second kappa shape index (κ2) is 7.75. The van der Waals surface area contributed by atoms with Gasteiger partial charge in [-0.05, 0) is 54.0 Å². The van der Waals surface area contributed by atoms with Crippen LogP contribution in [0, 0.1) is 0 Å². The number of rotatable bonds is 6. The predicted molar refractivity (Wildman–Crippen MR) is 93.3 cm³/mol. The van der Waals surface area contributed by atoms with Crippen LogP contribution in [0.5, 0.6) is 0 Å². The highest BCUT2D eigenvalue weighted by molar-refractivity contribution is 5.99. The number of carbonyl (C=O) groups is 2. The van der Waals surface area contributed by atoms with Crippen LogP contribution in [0.15, 0.2) is 73.8 Å². The molecule has 0 saturated carbocycles. The van der Waals surface area contributed by atoms with Crippen LogP contribution in [0.2, 0.25) is 0 Å². The number of benzene rings is 2. The summed E-state index contributed by atoms with van der Waals surface area (Å²) in [6, 6.07) is 15.3. The molecule has 0 atom stereocenters. The van der Waals surface area contributed by atoms with Gasteiger partial charge in [0.2, 0.25) is 11.8 Å². The monoisotopic (exact) mass is 306 g/mol.